The Morgan fingerprint density at radius 2 is 1.44 bits per heavy atom. The number of carboxylic acid groups (broad SMARTS) is 2. The number of carbonyl (C=O) groups excluding carboxylic acids is 2. The van der Waals surface area contributed by atoms with E-state index in [1.807, 2.05) is 0 Å². The highest BCUT2D eigenvalue weighted by atomic mass is 16.6. The maximum atomic E-state index is 9.81. The zero-order valence-electron chi connectivity index (χ0n) is 8.67. The summed E-state index contributed by atoms with van der Waals surface area (Å²) in [6.07, 6.45) is -2.54. The standard InChI is InChI=1S/C4H6O5.C4H6O3/c5-2(4(8)9)1-3(6)7;1-3(5)7-4(2)6/h2,5H,1H2,(H,6,7)(H,8,9);1-2H3. The van der Waals surface area contributed by atoms with Crippen LogP contribution in [0.25, 0.3) is 0 Å². The van der Waals surface area contributed by atoms with Gasteiger partial charge in [-0.15, -0.1) is 0 Å². The Balaban J connectivity index is 0. The third kappa shape index (κ3) is 14.6. The van der Waals surface area contributed by atoms with Crippen molar-refractivity contribution in [2.24, 2.45) is 0 Å². The van der Waals surface area contributed by atoms with E-state index in [-0.39, 0.29) is 0 Å². The van der Waals surface area contributed by atoms with Crippen LogP contribution in [0.4, 0.5) is 0 Å². The Bertz CT molecular complexity index is 270. The molecule has 3 N–H and O–H groups in total. The van der Waals surface area contributed by atoms with E-state index >= 15 is 0 Å². The Morgan fingerprint density at radius 1 is 1.06 bits per heavy atom. The SMILES string of the molecule is CC(=O)OC(C)=O.O=C(O)CC(O)C(=O)O. The monoisotopic (exact) mass is 236 g/mol. The molecule has 0 aliphatic carbocycles. The van der Waals surface area contributed by atoms with Crippen molar-refractivity contribution in [1.29, 1.82) is 0 Å². The number of hydrogen-bond donors (Lipinski definition) is 3. The number of carbonyl (C=O) groups is 4. The number of aliphatic carboxylic acids is 2. The molecule has 0 amide bonds. The fourth-order valence-corrected chi connectivity index (χ4v) is 0.455. The summed E-state index contributed by atoms with van der Waals surface area (Å²) < 4.78 is 3.97. The molecule has 0 saturated heterocycles. The van der Waals surface area contributed by atoms with Crippen LogP contribution in [-0.2, 0) is 23.9 Å². The summed E-state index contributed by atoms with van der Waals surface area (Å²) in [5.41, 5.74) is 0. The van der Waals surface area contributed by atoms with Crippen molar-refractivity contribution in [1.82, 2.24) is 0 Å². The number of rotatable bonds is 3. The highest BCUT2D eigenvalue weighted by Crippen LogP contribution is 1.89. The van der Waals surface area contributed by atoms with Gasteiger partial charge in [0, 0.05) is 13.8 Å². The second-order valence-corrected chi connectivity index (χ2v) is 2.54. The molecule has 0 aliphatic rings. The van der Waals surface area contributed by atoms with Gasteiger partial charge in [-0.3, -0.25) is 14.4 Å². The second-order valence-electron chi connectivity index (χ2n) is 2.54. The van der Waals surface area contributed by atoms with Gasteiger partial charge in [-0.25, -0.2) is 4.79 Å². The lowest BCUT2D eigenvalue weighted by Gasteiger charge is -1.97. The van der Waals surface area contributed by atoms with E-state index in [9.17, 15) is 19.2 Å². The Labute approximate surface area is 90.4 Å². The molecule has 8 nitrogen and oxygen atoms in total. The smallest absolute Gasteiger partial charge is 0.333 e. The molecule has 0 rings (SSSR count). The second kappa shape index (κ2) is 8.36. The van der Waals surface area contributed by atoms with Gasteiger partial charge in [-0.1, -0.05) is 0 Å². The number of hydrogen-bond acceptors (Lipinski definition) is 6. The van der Waals surface area contributed by atoms with Crippen LogP contribution in [0.1, 0.15) is 20.3 Å². The normalized spacial score (nSPS) is 10.4. The molecular formula is C8H12O8. The van der Waals surface area contributed by atoms with Crippen LogP contribution >= 0.6 is 0 Å². The summed E-state index contributed by atoms with van der Waals surface area (Å²) in [5, 5.41) is 24.1. The van der Waals surface area contributed by atoms with Gasteiger partial charge < -0.3 is 20.1 Å². The summed E-state index contributed by atoms with van der Waals surface area (Å²) in [5.74, 6) is -3.97. The summed E-state index contributed by atoms with van der Waals surface area (Å²) in [6.45, 7) is 2.36. The van der Waals surface area contributed by atoms with Crippen molar-refractivity contribution in [3.05, 3.63) is 0 Å². The van der Waals surface area contributed by atoms with Gasteiger partial charge in [0.25, 0.3) is 0 Å². The van der Waals surface area contributed by atoms with Crippen LogP contribution in [-0.4, -0.2) is 45.3 Å². The average molecular weight is 236 g/mol. The molecule has 0 fully saturated rings. The fraction of sp³-hybridized carbons (Fsp3) is 0.500. The molecule has 0 aromatic carbocycles. The van der Waals surface area contributed by atoms with E-state index < -0.39 is 36.4 Å². The Kier molecular flexibility index (Phi) is 8.60. The van der Waals surface area contributed by atoms with Gasteiger partial charge in [0.05, 0.1) is 6.42 Å². The molecule has 0 radical (unpaired) electrons. The molecule has 0 bridgehead atoms. The Hall–Kier alpha value is -1.96. The first-order chi connectivity index (χ1) is 7.16. The molecule has 16 heavy (non-hydrogen) atoms. The zero-order chi connectivity index (χ0) is 13.3. The van der Waals surface area contributed by atoms with E-state index in [2.05, 4.69) is 4.74 Å². The van der Waals surface area contributed by atoms with Gasteiger partial charge in [-0.2, -0.15) is 0 Å². The highest BCUT2D eigenvalue weighted by molar-refractivity contribution is 5.82. The molecule has 92 valence electrons. The number of ether oxygens (including phenoxy) is 1. The summed E-state index contributed by atoms with van der Waals surface area (Å²) >= 11 is 0. The largest absolute Gasteiger partial charge is 0.481 e. The lowest BCUT2D eigenvalue weighted by atomic mass is 10.3. The number of aliphatic hydroxyl groups is 1. The maximum absolute atomic E-state index is 9.81. The minimum atomic E-state index is -1.79. The summed E-state index contributed by atoms with van der Waals surface area (Å²) in [6, 6.07) is 0. The molecule has 0 spiro atoms. The minimum absolute atomic E-state index is 0.562. The Morgan fingerprint density at radius 3 is 1.50 bits per heavy atom. The zero-order valence-corrected chi connectivity index (χ0v) is 8.67. The molecule has 1 atom stereocenters. The van der Waals surface area contributed by atoms with E-state index in [1.54, 1.807) is 0 Å². The topological polar surface area (TPSA) is 138 Å². The molecular weight excluding hydrogens is 224 g/mol. The van der Waals surface area contributed by atoms with Crippen molar-refractivity contribution in [3.8, 4) is 0 Å². The van der Waals surface area contributed by atoms with Gasteiger partial charge in [0.15, 0.2) is 6.10 Å². The van der Waals surface area contributed by atoms with Crippen LogP contribution in [0.2, 0.25) is 0 Å². The molecule has 8 heteroatoms. The average Bonchev–Trinajstić information content (AvgIpc) is 2.00. The van der Waals surface area contributed by atoms with Crippen LogP contribution in [0, 0.1) is 0 Å². The number of esters is 2. The maximum Gasteiger partial charge on any atom is 0.333 e. The number of carboxylic acids is 2. The lowest BCUT2D eigenvalue weighted by molar-refractivity contribution is -0.156. The van der Waals surface area contributed by atoms with Gasteiger partial charge in [-0.05, 0) is 0 Å². The lowest BCUT2D eigenvalue weighted by Crippen LogP contribution is -2.22. The van der Waals surface area contributed by atoms with Crippen molar-refractivity contribution in [3.63, 3.8) is 0 Å². The van der Waals surface area contributed by atoms with Crippen LogP contribution < -0.4 is 0 Å². The molecule has 0 aliphatic heterocycles. The predicted molar refractivity (Wildman–Crippen MR) is 48.3 cm³/mol. The van der Waals surface area contributed by atoms with Gasteiger partial charge in [0.1, 0.15) is 0 Å². The predicted octanol–water partition coefficient (Wildman–Crippen LogP) is -0.997. The molecule has 0 aromatic rings. The molecule has 1 unspecified atom stereocenters. The summed E-state index contributed by atoms with van der Waals surface area (Å²) in [4.78, 5) is 39.0. The molecule has 0 heterocycles. The third-order valence-electron chi connectivity index (χ3n) is 0.940. The summed E-state index contributed by atoms with van der Waals surface area (Å²) in [7, 11) is 0. The molecule has 0 aromatic heterocycles. The van der Waals surface area contributed by atoms with Crippen molar-refractivity contribution >= 4 is 23.9 Å². The van der Waals surface area contributed by atoms with E-state index in [0.29, 0.717) is 0 Å². The first-order valence-corrected chi connectivity index (χ1v) is 3.98. The number of aliphatic hydroxyl groups excluding tert-OH is 1. The van der Waals surface area contributed by atoms with Crippen molar-refractivity contribution < 1.29 is 39.2 Å². The van der Waals surface area contributed by atoms with Crippen molar-refractivity contribution in [2.45, 2.75) is 26.4 Å². The third-order valence-corrected chi connectivity index (χ3v) is 0.940. The van der Waals surface area contributed by atoms with E-state index in [0.717, 1.165) is 0 Å². The van der Waals surface area contributed by atoms with Gasteiger partial charge >= 0.3 is 23.9 Å². The van der Waals surface area contributed by atoms with Crippen LogP contribution in [0.15, 0.2) is 0 Å². The molecule has 0 saturated carbocycles. The highest BCUT2D eigenvalue weighted by Gasteiger charge is 2.16. The first kappa shape index (κ1) is 16.5. The van der Waals surface area contributed by atoms with E-state index in [1.165, 1.54) is 13.8 Å². The fourth-order valence-electron chi connectivity index (χ4n) is 0.455. The van der Waals surface area contributed by atoms with Gasteiger partial charge in [0.2, 0.25) is 0 Å². The van der Waals surface area contributed by atoms with Crippen molar-refractivity contribution in [2.75, 3.05) is 0 Å². The first-order valence-electron chi connectivity index (χ1n) is 3.98. The minimum Gasteiger partial charge on any atom is -0.481 e. The van der Waals surface area contributed by atoms with Crippen LogP contribution in [0.5, 0.6) is 0 Å². The van der Waals surface area contributed by atoms with Crippen LogP contribution in [0.3, 0.4) is 0 Å². The van der Waals surface area contributed by atoms with E-state index in [4.69, 9.17) is 15.3 Å². The quantitative estimate of drug-likeness (QED) is 0.419.